The van der Waals surface area contributed by atoms with Gasteiger partial charge in [0.1, 0.15) is 5.82 Å². The molecule has 0 atom stereocenters. The lowest BCUT2D eigenvalue weighted by molar-refractivity contribution is 0.418. The third-order valence-electron chi connectivity index (χ3n) is 2.52. The van der Waals surface area contributed by atoms with Crippen molar-refractivity contribution in [2.24, 2.45) is 0 Å². The molecule has 18 heavy (non-hydrogen) atoms. The van der Waals surface area contributed by atoms with Gasteiger partial charge in [0.25, 0.3) is 0 Å². The maximum absolute atomic E-state index is 13.5. The van der Waals surface area contributed by atoms with Crippen LogP contribution >= 0.6 is 15.9 Å². The second kappa shape index (κ2) is 7.22. The van der Waals surface area contributed by atoms with Crippen LogP contribution in [0.1, 0.15) is 32.8 Å². The van der Waals surface area contributed by atoms with Crippen molar-refractivity contribution in [1.82, 2.24) is 10.6 Å². The number of halogens is 2. The van der Waals surface area contributed by atoms with Crippen LogP contribution in [0.3, 0.4) is 0 Å². The van der Waals surface area contributed by atoms with E-state index in [9.17, 15) is 4.39 Å². The minimum atomic E-state index is -0.162. The fourth-order valence-electron chi connectivity index (χ4n) is 1.56. The van der Waals surface area contributed by atoms with E-state index in [0.29, 0.717) is 12.1 Å². The Morgan fingerprint density at radius 1 is 1.22 bits per heavy atom. The van der Waals surface area contributed by atoms with Crippen molar-refractivity contribution >= 4 is 15.9 Å². The number of rotatable bonds is 6. The van der Waals surface area contributed by atoms with Crippen molar-refractivity contribution in [3.8, 4) is 0 Å². The van der Waals surface area contributed by atoms with Gasteiger partial charge in [-0.1, -0.05) is 22.0 Å². The van der Waals surface area contributed by atoms with Gasteiger partial charge in [0.15, 0.2) is 0 Å². The molecule has 0 fully saturated rings. The molecule has 0 aromatic heterocycles. The zero-order valence-corrected chi connectivity index (χ0v) is 12.9. The molecular formula is C14H22BrFN2. The summed E-state index contributed by atoms with van der Waals surface area (Å²) in [5.41, 5.74) is 0.875. The SMILES string of the molecule is CC(C)(C)NCCCNCc1ccc(Br)cc1F. The van der Waals surface area contributed by atoms with E-state index in [1.807, 2.05) is 6.07 Å². The van der Waals surface area contributed by atoms with Crippen molar-refractivity contribution in [1.29, 1.82) is 0 Å². The van der Waals surface area contributed by atoms with Gasteiger partial charge in [-0.3, -0.25) is 0 Å². The molecule has 0 aliphatic rings. The van der Waals surface area contributed by atoms with Gasteiger partial charge in [0.05, 0.1) is 0 Å². The average molecular weight is 317 g/mol. The summed E-state index contributed by atoms with van der Waals surface area (Å²) in [6.45, 7) is 8.89. The molecule has 2 N–H and O–H groups in total. The van der Waals surface area contributed by atoms with Crippen molar-refractivity contribution < 1.29 is 4.39 Å². The van der Waals surface area contributed by atoms with E-state index in [4.69, 9.17) is 0 Å². The molecule has 0 aliphatic heterocycles. The third kappa shape index (κ3) is 6.47. The van der Waals surface area contributed by atoms with E-state index in [-0.39, 0.29) is 11.4 Å². The molecular weight excluding hydrogens is 295 g/mol. The molecule has 0 bridgehead atoms. The molecule has 0 amide bonds. The first kappa shape index (κ1) is 15.6. The van der Waals surface area contributed by atoms with Gasteiger partial charge in [-0.05, 0) is 52.4 Å². The predicted octanol–water partition coefficient (Wildman–Crippen LogP) is 3.46. The lowest BCUT2D eigenvalue weighted by atomic mass is 10.1. The zero-order chi connectivity index (χ0) is 13.6. The Kier molecular flexibility index (Phi) is 6.26. The number of hydrogen-bond acceptors (Lipinski definition) is 2. The zero-order valence-electron chi connectivity index (χ0n) is 11.3. The lowest BCUT2D eigenvalue weighted by Gasteiger charge is -2.20. The molecule has 4 heteroatoms. The van der Waals surface area contributed by atoms with Gasteiger partial charge >= 0.3 is 0 Å². The molecule has 0 saturated heterocycles. The molecule has 2 nitrogen and oxygen atoms in total. The Morgan fingerprint density at radius 3 is 2.56 bits per heavy atom. The van der Waals surface area contributed by atoms with E-state index in [2.05, 4.69) is 47.3 Å². The first-order chi connectivity index (χ1) is 8.38. The average Bonchev–Trinajstić information content (AvgIpc) is 2.24. The van der Waals surface area contributed by atoms with E-state index < -0.39 is 0 Å². The summed E-state index contributed by atoms with van der Waals surface area (Å²) >= 11 is 3.25. The van der Waals surface area contributed by atoms with Crippen LogP contribution < -0.4 is 10.6 Å². The van der Waals surface area contributed by atoms with Crippen LogP contribution in [0.2, 0.25) is 0 Å². The fourth-order valence-corrected chi connectivity index (χ4v) is 1.90. The highest BCUT2D eigenvalue weighted by molar-refractivity contribution is 9.10. The van der Waals surface area contributed by atoms with Gasteiger partial charge in [-0.2, -0.15) is 0 Å². The molecule has 0 heterocycles. The Morgan fingerprint density at radius 2 is 1.94 bits per heavy atom. The van der Waals surface area contributed by atoms with E-state index in [0.717, 1.165) is 24.0 Å². The minimum absolute atomic E-state index is 0.162. The predicted molar refractivity (Wildman–Crippen MR) is 78.2 cm³/mol. The van der Waals surface area contributed by atoms with Gasteiger partial charge < -0.3 is 10.6 Å². The molecule has 0 spiro atoms. The summed E-state index contributed by atoms with van der Waals surface area (Å²) in [7, 11) is 0. The van der Waals surface area contributed by atoms with Crippen molar-refractivity contribution in [3.63, 3.8) is 0 Å². The highest BCUT2D eigenvalue weighted by Crippen LogP contribution is 2.14. The Balaban J connectivity index is 2.18. The molecule has 0 radical (unpaired) electrons. The largest absolute Gasteiger partial charge is 0.313 e. The van der Waals surface area contributed by atoms with Crippen LogP contribution in [0, 0.1) is 5.82 Å². The van der Waals surface area contributed by atoms with Crippen molar-refractivity contribution in [2.45, 2.75) is 39.3 Å². The van der Waals surface area contributed by atoms with Crippen molar-refractivity contribution in [2.75, 3.05) is 13.1 Å². The molecule has 1 aromatic rings. The van der Waals surface area contributed by atoms with Crippen LogP contribution in [-0.2, 0) is 6.54 Å². The Bertz CT molecular complexity index is 375. The second-order valence-electron chi connectivity index (χ2n) is 5.44. The summed E-state index contributed by atoms with van der Waals surface area (Å²) in [4.78, 5) is 0. The second-order valence-corrected chi connectivity index (χ2v) is 6.36. The molecule has 0 saturated carbocycles. The Hall–Kier alpha value is -0.450. The topological polar surface area (TPSA) is 24.1 Å². The summed E-state index contributed by atoms with van der Waals surface area (Å²) < 4.78 is 14.3. The number of nitrogens with one attached hydrogen (secondary N) is 2. The first-order valence-electron chi connectivity index (χ1n) is 6.28. The summed E-state index contributed by atoms with van der Waals surface area (Å²) in [6, 6.07) is 5.17. The number of hydrogen-bond donors (Lipinski definition) is 2. The highest BCUT2D eigenvalue weighted by Gasteiger charge is 2.07. The standard InChI is InChI=1S/C14H22BrFN2/c1-14(2,3)18-8-4-7-17-10-11-5-6-12(15)9-13(11)16/h5-6,9,17-18H,4,7-8,10H2,1-3H3. The van der Waals surface area contributed by atoms with Crippen LogP contribution in [0.15, 0.2) is 22.7 Å². The fraction of sp³-hybridized carbons (Fsp3) is 0.571. The highest BCUT2D eigenvalue weighted by atomic mass is 79.9. The molecule has 0 unspecified atom stereocenters. The molecule has 1 rings (SSSR count). The number of benzene rings is 1. The van der Waals surface area contributed by atoms with E-state index in [1.54, 1.807) is 6.07 Å². The summed E-state index contributed by atoms with van der Waals surface area (Å²) in [5, 5.41) is 6.67. The summed E-state index contributed by atoms with van der Waals surface area (Å²) in [6.07, 6.45) is 1.04. The van der Waals surface area contributed by atoms with Gasteiger partial charge in [-0.15, -0.1) is 0 Å². The quantitative estimate of drug-likeness (QED) is 0.785. The Labute approximate surface area is 117 Å². The third-order valence-corrected chi connectivity index (χ3v) is 3.01. The van der Waals surface area contributed by atoms with E-state index in [1.165, 1.54) is 6.07 Å². The van der Waals surface area contributed by atoms with E-state index >= 15 is 0 Å². The first-order valence-corrected chi connectivity index (χ1v) is 7.07. The molecule has 0 aliphatic carbocycles. The van der Waals surface area contributed by atoms with Crippen LogP contribution in [0.4, 0.5) is 4.39 Å². The van der Waals surface area contributed by atoms with Crippen LogP contribution in [-0.4, -0.2) is 18.6 Å². The monoisotopic (exact) mass is 316 g/mol. The normalized spacial score (nSPS) is 11.8. The van der Waals surface area contributed by atoms with Gasteiger partial charge in [0.2, 0.25) is 0 Å². The van der Waals surface area contributed by atoms with Crippen LogP contribution in [0.5, 0.6) is 0 Å². The lowest BCUT2D eigenvalue weighted by Crippen LogP contribution is -2.37. The maximum Gasteiger partial charge on any atom is 0.128 e. The molecule has 1 aromatic carbocycles. The van der Waals surface area contributed by atoms with Crippen LogP contribution in [0.25, 0.3) is 0 Å². The van der Waals surface area contributed by atoms with Gasteiger partial charge in [0, 0.05) is 22.1 Å². The van der Waals surface area contributed by atoms with Crippen molar-refractivity contribution in [3.05, 3.63) is 34.1 Å². The maximum atomic E-state index is 13.5. The minimum Gasteiger partial charge on any atom is -0.313 e. The van der Waals surface area contributed by atoms with Gasteiger partial charge in [-0.25, -0.2) is 4.39 Å². The molecule has 102 valence electrons. The summed E-state index contributed by atoms with van der Waals surface area (Å²) in [5.74, 6) is -0.162. The smallest absolute Gasteiger partial charge is 0.128 e.